The Kier molecular flexibility index (Phi) is 4.41. The molecule has 2 aliphatic rings. The molecule has 8 aromatic rings. The predicted octanol–water partition coefficient (Wildman–Crippen LogP) is 9.95. The fourth-order valence-electron chi connectivity index (χ4n) is 8.00. The first-order valence-electron chi connectivity index (χ1n) is 14.8. The predicted molar refractivity (Wildman–Crippen MR) is 176 cm³/mol. The number of pyridine rings is 2. The minimum atomic E-state index is -0.420. The molecule has 2 heterocycles. The van der Waals surface area contributed by atoms with Crippen molar-refractivity contribution in [2.75, 3.05) is 0 Å². The summed E-state index contributed by atoms with van der Waals surface area (Å²) in [6.45, 7) is 0. The smallest absolute Gasteiger partial charge is 0.0964 e. The lowest BCUT2D eigenvalue weighted by Gasteiger charge is -2.40. The van der Waals surface area contributed by atoms with E-state index in [0.29, 0.717) is 0 Å². The van der Waals surface area contributed by atoms with Crippen LogP contribution in [0.2, 0.25) is 0 Å². The van der Waals surface area contributed by atoms with Gasteiger partial charge in [-0.2, -0.15) is 0 Å². The Bertz CT molecular complexity index is 2470. The van der Waals surface area contributed by atoms with Crippen LogP contribution in [0.5, 0.6) is 0 Å². The van der Waals surface area contributed by atoms with E-state index in [1.165, 1.54) is 60.8 Å². The Morgan fingerprint density at radius 3 is 1.91 bits per heavy atom. The quantitative estimate of drug-likeness (QED) is 0.192. The number of hydrogen-bond acceptors (Lipinski definition) is 2. The largest absolute Gasteiger partial charge is 0.254 e. The monoisotopic (exact) mass is 544 g/mol. The topological polar surface area (TPSA) is 25.8 Å². The standard InChI is InChI=1S/C41H24N2/c1-3-14-34-30(11-1)32-20-19-27(29-22-28-18-17-26-10-7-21-42-39(26)40(28)43-24-29)23-37(32)41(34)35-15-4-2-12-31(35)33-13-5-8-25-9-6-16-36(41)38(25)33/h1-24H. The van der Waals surface area contributed by atoms with Gasteiger partial charge in [0.1, 0.15) is 0 Å². The Morgan fingerprint density at radius 2 is 1.05 bits per heavy atom. The normalized spacial score (nSPS) is 16.0. The van der Waals surface area contributed by atoms with Gasteiger partial charge in [-0.3, -0.25) is 9.97 Å². The molecule has 0 aliphatic heterocycles. The second kappa shape index (κ2) is 8.24. The minimum absolute atomic E-state index is 0.420. The third-order valence-electron chi connectivity index (χ3n) is 9.73. The molecule has 0 amide bonds. The van der Waals surface area contributed by atoms with Gasteiger partial charge in [0.15, 0.2) is 0 Å². The lowest BCUT2D eigenvalue weighted by atomic mass is 9.61. The molecule has 0 saturated carbocycles. The molecule has 0 fully saturated rings. The number of benzene rings is 6. The molecular formula is C41H24N2. The molecule has 2 heteroatoms. The van der Waals surface area contributed by atoms with Crippen LogP contribution in [0.4, 0.5) is 0 Å². The number of nitrogens with zero attached hydrogens (tertiary/aromatic N) is 2. The summed E-state index contributed by atoms with van der Waals surface area (Å²) in [6.07, 6.45) is 3.85. The van der Waals surface area contributed by atoms with E-state index >= 15 is 0 Å². The highest BCUT2D eigenvalue weighted by molar-refractivity contribution is 6.07. The molecule has 198 valence electrons. The van der Waals surface area contributed by atoms with Gasteiger partial charge < -0.3 is 0 Å². The molecule has 10 rings (SSSR count). The number of aromatic nitrogens is 2. The zero-order valence-electron chi connectivity index (χ0n) is 23.3. The number of rotatable bonds is 1. The molecule has 1 spiro atoms. The Balaban J connectivity index is 1.30. The van der Waals surface area contributed by atoms with Gasteiger partial charge in [0.25, 0.3) is 0 Å². The Labute approximate surface area is 248 Å². The van der Waals surface area contributed by atoms with Crippen molar-refractivity contribution in [2.24, 2.45) is 0 Å². The van der Waals surface area contributed by atoms with E-state index < -0.39 is 5.41 Å². The van der Waals surface area contributed by atoms with Gasteiger partial charge in [0.2, 0.25) is 0 Å². The maximum atomic E-state index is 4.96. The van der Waals surface area contributed by atoms with Crippen molar-refractivity contribution in [1.29, 1.82) is 0 Å². The van der Waals surface area contributed by atoms with Gasteiger partial charge >= 0.3 is 0 Å². The van der Waals surface area contributed by atoms with Crippen LogP contribution in [-0.2, 0) is 5.41 Å². The van der Waals surface area contributed by atoms with E-state index in [9.17, 15) is 0 Å². The molecular weight excluding hydrogens is 520 g/mol. The Hall–Kier alpha value is -5.60. The number of hydrogen-bond donors (Lipinski definition) is 0. The van der Waals surface area contributed by atoms with Crippen molar-refractivity contribution < 1.29 is 0 Å². The first kappa shape index (κ1) is 23.0. The van der Waals surface area contributed by atoms with Gasteiger partial charge in [0.05, 0.1) is 16.4 Å². The first-order chi connectivity index (χ1) is 21.3. The summed E-state index contributed by atoms with van der Waals surface area (Å²) < 4.78 is 0. The SMILES string of the molecule is c1ccc2c(c1)-c1ccc(-c3cnc4c(ccc5cccnc54)c3)cc1C21c2ccccc2-c2cccc3cccc1c23. The minimum Gasteiger partial charge on any atom is -0.254 e. The lowest BCUT2D eigenvalue weighted by Crippen LogP contribution is -2.31. The molecule has 1 unspecified atom stereocenters. The lowest BCUT2D eigenvalue weighted by molar-refractivity contribution is 0.774. The summed E-state index contributed by atoms with van der Waals surface area (Å²) >= 11 is 0. The van der Waals surface area contributed by atoms with Crippen LogP contribution in [0.25, 0.3) is 66.0 Å². The molecule has 0 saturated heterocycles. The van der Waals surface area contributed by atoms with Gasteiger partial charge in [0, 0.05) is 28.7 Å². The molecule has 0 radical (unpaired) electrons. The fraction of sp³-hybridized carbons (Fsp3) is 0.0244. The van der Waals surface area contributed by atoms with Crippen molar-refractivity contribution in [3.05, 3.63) is 168 Å². The van der Waals surface area contributed by atoms with Crippen molar-refractivity contribution in [2.45, 2.75) is 5.41 Å². The van der Waals surface area contributed by atoms with Crippen LogP contribution in [0, 0.1) is 0 Å². The summed E-state index contributed by atoms with van der Waals surface area (Å²) in [5, 5.41) is 4.84. The summed E-state index contributed by atoms with van der Waals surface area (Å²) in [5.74, 6) is 0. The summed E-state index contributed by atoms with van der Waals surface area (Å²) in [4.78, 5) is 9.59. The third kappa shape index (κ3) is 2.88. The summed E-state index contributed by atoms with van der Waals surface area (Å²) in [5.41, 5.74) is 14.4. The fourth-order valence-corrected chi connectivity index (χ4v) is 8.00. The van der Waals surface area contributed by atoms with Gasteiger partial charge in [-0.15, -0.1) is 0 Å². The van der Waals surface area contributed by atoms with Crippen molar-refractivity contribution in [3.63, 3.8) is 0 Å². The van der Waals surface area contributed by atoms with Crippen LogP contribution in [-0.4, -0.2) is 9.97 Å². The first-order valence-corrected chi connectivity index (χ1v) is 14.8. The van der Waals surface area contributed by atoms with Crippen LogP contribution in [0.3, 0.4) is 0 Å². The highest BCUT2D eigenvalue weighted by Crippen LogP contribution is 2.62. The van der Waals surface area contributed by atoms with Crippen molar-refractivity contribution >= 4 is 32.6 Å². The maximum absolute atomic E-state index is 4.96. The van der Waals surface area contributed by atoms with E-state index in [-0.39, 0.29) is 0 Å². The molecule has 2 aromatic heterocycles. The van der Waals surface area contributed by atoms with Crippen molar-refractivity contribution in [3.8, 4) is 33.4 Å². The van der Waals surface area contributed by atoms with Crippen molar-refractivity contribution in [1.82, 2.24) is 9.97 Å². The maximum Gasteiger partial charge on any atom is 0.0964 e. The van der Waals surface area contributed by atoms with E-state index in [0.717, 1.165) is 27.4 Å². The van der Waals surface area contributed by atoms with Gasteiger partial charge in [-0.1, -0.05) is 115 Å². The summed E-state index contributed by atoms with van der Waals surface area (Å²) in [6, 6.07) is 49.3. The highest BCUT2D eigenvalue weighted by Gasteiger charge is 2.50. The van der Waals surface area contributed by atoms with E-state index in [2.05, 4.69) is 132 Å². The van der Waals surface area contributed by atoms with Crippen LogP contribution < -0.4 is 0 Å². The van der Waals surface area contributed by atoms with Gasteiger partial charge in [-0.25, -0.2) is 0 Å². The molecule has 2 aliphatic carbocycles. The molecule has 1 atom stereocenters. The molecule has 0 bridgehead atoms. The molecule has 43 heavy (non-hydrogen) atoms. The highest BCUT2D eigenvalue weighted by atomic mass is 14.7. The van der Waals surface area contributed by atoms with Crippen LogP contribution >= 0.6 is 0 Å². The van der Waals surface area contributed by atoms with Crippen LogP contribution in [0.1, 0.15) is 22.3 Å². The van der Waals surface area contributed by atoms with E-state index in [1.54, 1.807) is 0 Å². The molecule has 6 aromatic carbocycles. The van der Waals surface area contributed by atoms with E-state index in [1.807, 2.05) is 18.5 Å². The second-order valence-electron chi connectivity index (χ2n) is 11.7. The average Bonchev–Trinajstić information content (AvgIpc) is 3.37. The second-order valence-corrected chi connectivity index (χ2v) is 11.7. The zero-order valence-corrected chi connectivity index (χ0v) is 23.3. The summed E-state index contributed by atoms with van der Waals surface area (Å²) in [7, 11) is 0. The zero-order chi connectivity index (χ0) is 28.1. The Morgan fingerprint density at radius 1 is 0.395 bits per heavy atom. The molecule has 2 nitrogen and oxygen atoms in total. The van der Waals surface area contributed by atoms with Crippen LogP contribution in [0.15, 0.2) is 146 Å². The molecule has 0 N–H and O–H groups in total. The van der Waals surface area contributed by atoms with E-state index in [4.69, 9.17) is 4.98 Å². The average molecular weight is 545 g/mol. The van der Waals surface area contributed by atoms with Gasteiger partial charge in [-0.05, 0) is 79.0 Å². The number of fused-ring (bicyclic) bond motifs is 12. The third-order valence-corrected chi connectivity index (χ3v) is 9.73.